The Kier molecular flexibility index (Phi) is 4.38. The molecule has 0 radical (unpaired) electrons. The molecule has 1 aliphatic rings. The van der Waals surface area contributed by atoms with Crippen molar-refractivity contribution >= 4 is 11.3 Å². The number of hydrogen-bond acceptors (Lipinski definition) is 3. The molecule has 90 valence electrons. The van der Waals surface area contributed by atoms with Gasteiger partial charge in [-0.15, -0.1) is 11.3 Å². The third kappa shape index (κ3) is 3.06. The van der Waals surface area contributed by atoms with Crippen LogP contribution in [-0.4, -0.2) is 31.2 Å². The monoisotopic (exact) mass is 239 g/mol. The summed E-state index contributed by atoms with van der Waals surface area (Å²) in [4.78, 5) is 5.48. The molecule has 1 aromatic heterocycles. The largest absolute Gasteiger partial charge is 0.383 e. The van der Waals surface area contributed by atoms with Gasteiger partial charge in [-0.05, 0) is 38.4 Å². The minimum absolute atomic E-state index is 0.626. The van der Waals surface area contributed by atoms with E-state index in [0.29, 0.717) is 6.04 Å². The van der Waals surface area contributed by atoms with Crippen LogP contribution in [0.25, 0.3) is 0 Å². The molecule has 2 heterocycles. The summed E-state index contributed by atoms with van der Waals surface area (Å²) in [7, 11) is 1.81. The zero-order valence-electron chi connectivity index (χ0n) is 10.2. The lowest BCUT2D eigenvalue weighted by Gasteiger charge is -2.34. The molecule has 2 rings (SSSR count). The number of piperidine rings is 1. The molecule has 0 bridgehead atoms. The van der Waals surface area contributed by atoms with E-state index in [2.05, 4.69) is 24.0 Å². The molecule has 3 heteroatoms. The summed E-state index contributed by atoms with van der Waals surface area (Å²) in [5.41, 5.74) is 0. The van der Waals surface area contributed by atoms with E-state index >= 15 is 0 Å². The van der Waals surface area contributed by atoms with Crippen LogP contribution in [0.4, 0.5) is 0 Å². The van der Waals surface area contributed by atoms with E-state index < -0.39 is 0 Å². The first kappa shape index (κ1) is 12.1. The Morgan fingerprint density at radius 3 is 3.00 bits per heavy atom. The SMILES string of the molecule is COCC1CCCCN1Cc1ccc(C)s1. The second-order valence-corrected chi connectivity index (χ2v) is 5.96. The minimum Gasteiger partial charge on any atom is -0.383 e. The molecule has 2 nitrogen and oxygen atoms in total. The second-order valence-electron chi connectivity index (χ2n) is 4.59. The molecule has 1 aromatic rings. The van der Waals surface area contributed by atoms with E-state index in [9.17, 15) is 0 Å². The van der Waals surface area contributed by atoms with E-state index in [1.807, 2.05) is 18.4 Å². The number of nitrogens with zero attached hydrogens (tertiary/aromatic N) is 1. The zero-order chi connectivity index (χ0) is 11.4. The molecule has 0 spiro atoms. The van der Waals surface area contributed by atoms with Gasteiger partial charge in [-0.2, -0.15) is 0 Å². The maximum absolute atomic E-state index is 5.32. The van der Waals surface area contributed by atoms with Crippen molar-refractivity contribution in [3.63, 3.8) is 0 Å². The lowest BCUT2D eigenvalue weighted by Crippen LogP contribution is -2.41. The van der Waals surface area contributed by atoms with Crippen LogP contribution in [0.2, 0.25) is 0 Å². The van der Waals surface area contributed by atoms with Crippen molar-refractivity contribution in [2.45, 2.75) is 38.8 Å². The fourth-order valence-corrected chi connectivity index (χ4v) is 3.34. The highest BCUT2D eigenvalue weighted by Gasteiger charge is 2.22. The summed E-state index contributed by atoms with van der Waals surface area (Å²) in [6.07, 6.45) is 3.98. The Labute approximate surface area is 102 Å². The molecule has 1 fully saturated rings. The van der Waals surface area contributed by atoms with Crippen LogP contribution in [0.1, 0.15) is 29.0 Å². The summed E-state index contributed by atoms with van der Waals surface area (Å²) in [6, 6.07) is 5.11. The third-order valence-corrected chi connectivity index (χ3v) is 4.25. The van der Waals surface area contributed by atoms with Crippen molar-refractivity contribution < 1.29 is 4.74 Å². The van der Waals surface area contributed by atoms with E-state index in [0.717, 1.165) is 13.2 Å². The molecule has 0 aromatic carbocycles. The number of hydrogen-bond donors (Lipinski definition) is 0. The van der Waals surface area contributed by atoms with Crippen molar-refractivity contribution in [1.82, 2.24) is 4.90 Å². The topological polar surface area (TPSA) is 12.5 Å². The van der Waals surface area contributed by atoms with Gasteiger partial charge in [0.15, 0.2) is 0 Å². The molecule has 1 atom stereocenters. The zero-order valence-corrected chi connectivity index (χ0v) is 11.1. The average molecular weight is 239 g/mol. The van der Waals surface area contributed by atoms with Crippen molar-refractivity contribution in [2.24, 2.45) is 0 Å². The summed E-state index contributed by atoms with van der Waals surface area (Å²) in [5, 5.41) is 0. The Balaban J connectivity index is 1.95. The highest BCUT2D eigenvalue weighted by atomic mass is 32.1. The standard InChI is InChI=1S/C13H21NOS/c1-11-6-7-13(16-11)9-14-8-4-3-5-12(14)10-15-2/h6-7,12H,3-5,8-10H2,1-2H3. The summed E-state index contributed by atoms with van der Waals surface area (Å²) < 4.78 is 5.32. The number of rotatable bonds is 4. The van der Waals surface area contributed by atoms with Crippen LogP contribution in [0.5, 0.6) is 0 Å². The van der Waals surface area contributed by atoms with Gasteiger partial charge in [0.05, 0.1) is 6.61 Å². The van der Waals surface area contributed by atoms with Crippen LogP contribution in [-0.2, 0) is 11.3 Å². The minimum atomic E-state index is 0.626. The quantitative estimate of drug-likeness (QED) is 0.800. The molecule has 0 aliphatic carbocycles. The van der Waals surface area contributed by atoms with Crippen molar-refractivity contribution in [3.8, 4) is 0 Å². The number of aryl methyl sites for hydroxylation is 1. The van der Waals surface area contributed by atoms with E-state index in [1.54, 1.807) is 0 Å². The molecule has 1 aliphatic heterocycles. The van der Waals surface area contributed by atoms with Crippen LogP contribution >= 0.6 is 11.3 Å². The van der Waals surface area contributed by atoms with E-state index in [-0.39, 0.29) is 0 Å². The predicted molar refractivity (Wildman–Crippen MR) is 69.0 cm³/mol. The fraction of sp³-hybridized carbons (Fsp3) is 0.692. The predicted octanol–water partition coefficient (Wildman–Crippen LogP) is 3.06. The molecule has 0 saturated carbocycles. The lowest BCUT2D eigenvalue weighted by atomic mass is 10.0. The highest BCUT2D eigenvalue weighted by Crippen LogP contribution is 2.23. The van der Waals surface area contributed by atoms with Gasteiger partial charge in [-0.3, -0.25) is 4.90 Å². The molecule has 1 unspecified atom stereocenters. The fourth-order valence-electron chi connectivity index (χ4n) is 2.42. The Bertz CT molecular complexity index is 321. The number of ether oxygens (including phenoxy) is 1. The Morgan fingerprint density at radius 1 is 1.44 bits per heavy atom. The number of likely N-dealkylation sites (tertiary alicyclic amines) is 1. The maximum atomic E-state index is 5.32. The van der Waals surface area contributed by atoms with Crippen LogP contribution in [0, 0.1) is 6.92 Å². The van der Waals surface area contributed by atoms with Gasteiger partial charge in [0.1, 0.15) is 0 Å². The first-order valence-corrected chi connectivity index (χ1v) is 6.89. The summed E-state index contributed by atoms with van der Waals surface area (Å²) in [6.45, 7) is 5.39. The molecular formula is C13H21NOS. The van der Waals surface area contributed by atoms with E-state index in [1.165, 1.54) is 35.6 Å². The number of thiophene rings is 1. The van der Waals surface area contributed by atoms with Crippen LogP contribution < -0.4 is 0 Å². The van der Waals surface area contributed by atoms with Crippen molar-refractivity contribution in [3.05, 3.63) is 21.9 Å². The van der Waals surface area contributed by atoms with Gasteiger partial charge in [0, 0.05) is 29.5 Å². The normalized spacial score (nSPS) is 22.5. The first-order chi connectivity index (χ1) is 7.79. The smallest absolute Gasteiger partial charge is 0.0618 e. The van der Waals surface area contributed by atoms with Crippen LogP contribution in [0.3, 0.4) is 0 Å². The first-order valence-electron chi connectivity index (χ1n) is 6.08. The highest BCUT2D eigenvalue weighted by molar-refractivity contribution is 7.11. The van der Waals surface area contributed by atoms with Gasteiger partial charge in [0.2, 0.25) is 0 Å². The molecule has 16 heavy (non-hydrogen) atoms. The van der Waals surface area contributed by atoms with Gasteiger partial charge in [-0.1, -0.05) is 6.42 Å². The second kappa shape index (κ2) is 5.80. The van der Waals surface area contributed by atoms with Gasteiger partial charge in [0.25, 0.3) is 0 Å². The Hall–Kier alpha value is -0.380. The summed E-state index contributed by atoms with van der Waals surface area (Å²) >= 11 is 1.92. The molecular weight excluding hydrogens is 218 g/mol. The van der Waals surface area contributed by atoms with Gasteiger partial charge < -0.3 is 4.74 Å². The lowest BCUT2D eigenvalue weighted by molar-refractivity contribution is 0.0607. The molecule has 0 N–H and O–H groups in total. The third-order valence-electron chi connectivity index (χ3n) is 3.26. The molecule has 0 amide bonds. The van der Waals surface area contributed by atoms with Crippen LogP contribution in [0.15, 0.2) is 12.1 Å². The van der Waals surface area contributed by atoms with Gasteiger partial charge >= 0.3 is 0 Å². The van der Waals surface area contributed by atoms with Crippen molar-refractivity contribution in [2.75, 3.05) is 20.3 Å². The average Bonchev–Trinajstić information content (AvgIpc) is 2.67. The summed E-state index contributed by atoms with van der Waals surface area (Å²) in [5.74, 6) is 0. The maximum Gasteiger partial charge on any atom is 0.0618 e. The number of methoxy groups -OCH3 is 1. The van der Waals surface area contributed by atoms with Crippen molar-refractivity contribution in [1.29, 1.82) is 0 Å². The van der Waals surface area contributed by atoms with Gasteiger partial charge in [-0.25, -0.2) is 0 Å². The molecule has 1 saturated heterocycles. The van der Waals surface area contributed by atoms with E-state index in [4.69, 9.17) is 4.74 Å². The Morgan fingerprint density at radius 2 is 2.31 bits per heavy atom.